The number of allylic oxidation sites excluding steroid dienone is 1. The number of alkyl carbamates (subject to hydrolysis) is 1. The van der Waals surface area contributed by atoms with E-state index in [0.717, 1.165) is 61.3 Å². The van der Waals surface area contributed by atoms with Crippen LogP contribution in [-0.2, 0) is 14.8 Å². The van der Waals surface area contributed by atoms with Crippen molar-refractivity contribution in [2.75, 3.05) is 13.1 Å². The Labute approximate surface area is 275 Å². The Kier molecular flexibility index (Phi) is 10.6. The first kappa shape index (κ1) is 34.9. The highest BCUT2D eigenvalue weighted by molar-refractivity contribution is 7.89. The molecule has 3 fully saturated rings. The van der Waals surface area contributed by atoms with Crippen molar-refractivity contribution in [1.29, 1.82) is 0 Å². The fraction of sp³-hybridized carbons (Fsp3) is 0.750. The fourth-order valence-electron chi connectivity index (χ4n) is 10.2. The van der Waals surface area contributed by atoms with E-state index in [0.29, 0.717) is 11.3 Å². The second kappa shape index (κ2) is 14.0. The number of hydrogen-bond donors (Lipinski definition) is 2. The predicted octanol–water partition coefficient (Wildman–Crippen LogP) is 8.01. The Balaban J connectivity index is 1.12. The summed E-state index contributed by atoms with van der Waals surface area (Å²) in [6.45, 7) is 12.2. The average Bonchev–Trinajstić information content (AvgIpc) is 3.36. The molecule has 2 N–H and O–H groups in total. The highest BCUT2D eigenvalue weighted by Crippen LogP contribution is 2.67. The third-order valence-electron chi connectivity index (χ3n) is 12.6. The predicted molar refractivity (Wildman–Crippen MR) is 180 cm³/mol. The lowest BCUT2D eigenvalue weighted by Crippen LogP contribution is -2.51. The molecular formula is C36H55N3O6S. The molecule has 3 saturated carbocycles. The van der Waals surface area contributed by atoms with Crippen LogP contribution in [0.5, 0.6) is 0 Å². The first-order chi connectivity index (χ1) is 21.8. The maximum Gasteiger partial charge on any atom is 0.407 e. The molecule has 256 valence electrons. The summed E-state index contributed by atoms with van der Waals surface area (Å²) >= 11 is 0. The normalized spacial score (nSPS) is 32.9. The molecule has 4 aliphatic rings. The van der Waals surface area contributed by atoms with Gasteiger partial charge in [0.15, 0.2) is 4.90 Å². The molecule has 4 aliphatic carbocycles. The standard InChI is InChI=1S/C36H55N3O6S/c1-24(2)9-8-10-25(3)29-15-16-30-28-14-13-26-23-27(17-19-35(26,4)31(28)18-20-36(29,30)5)45-34(40)37-21-22-38-46(43,44)33-12-7-6-11-32(33)39(41)42/h6-7,11-13,24-25,27-31,38H,8-10,14-23H2,1-5H3,(H,37,40)/t25-,27+,28+,29-,30+,31+,35+,36-/m1/s1. The van der Waals surface area contributed by atoms with Gasteiger partial charge >= 0.3 is 6.09 Å². The van der Waals surface area contributed by atoms with Crippen molar-refractivity contribution < 1.29 is 22.9 Å². The number of benzene rings is 1. The van der Waals surface area contributed by atoms with Gasteiger partial charge in [0.2, 0.25) is 10.0 Å². The van der Waals surface area contributed by atoms with Gasteiger partial charge in [-0.15, -0.1) is 0 Å². The molecule has 0 bridgehead atoms. The van der Waals surface area contributed by atoms with E-state index in [1.807, 2.05) is 0 Å². The summed E-state index contributed by atoms with van der Waals surface area (Å²) in [7, 11) is -4.11. The third kappa shape index (κ3) is 7.03. The van der Waals surface area contributed by atoms with Crippen LogP contribution < -0.4 is 10.0 Å². The van der Waals surface area contributed by atoms with Gasteiger partial charge in [-0.05, 0) is 97.3 Å². The second-order valence-corrected chi connectivity index (χ2v) is 17.3. The summed E-state index contributed by atoms with van der Waals surface area (Å²) in [5.41, 5.74) is 1.59. The van der Waals surface area contributed by atoms with E-state index in [2.05, 4.69) is 50.7 Å². The first-order valence-electron chi connectivity index (χ1n) is 17.6. The molecule has 8 atom stereocenters. The van der Waals surface area contributed by atoms with Gasteiger partial charge in [0.1, 0.15) is 6.10 Å². The first-order valence-corrected chi connectivity index (χ1v) is 19.1. The van der Waals surface area contributed by atoms with E-state index in [1.165, 1.54) is 68.7 Å². The van der Waals surface area contributed by atoms with Crippen molar-refractivity contribution in [2.45, 2.75) is 116 Å². The van der Waals surface area contributed by atoms with Gasteiger partial charge in [-0.2, -0.15) is 0 Å². The van der Waals surface area contributed by atoms with E-state index in [-0.39, 0.29) is 24.6 Å². The number of fused-ring (bicyclic) bond motifs is 5. The zero-order valence-electron chi connectivity index (χ0n) is 28.4. The minimum Gasteiger partial charge on any atom is -0.446 e. The average molecular weight is 658 g/mol. The number of amides is 1. The number of carbonyl (C=O) groups excluding carboxylic acids is 1. The summed E-state index contributed by atoms with van der Waals surface area (Å²) < 4.78 is 33.3. The van der Waals surface area contributed by atoms with Crippen LogP contribution in [0.1, 0.15) is 105 Å². The number of rotatable bonds is 12. The Hall–Kier alpha value is -2.46. The molecule has 0 unspecified atom stereocenters. The van der Waals surface area contributed by atoms with Crippen LogP contribution in [0.3, 0.4) is 0 Å². The number of sulfonamides is 1. The van der Waals surface area contributed by atoms with Gasteiger partial charge in [0.25, 0.3) is 5.69 Å². The van der Waals surface area contributed by atoms with Crippen molar-refractivity contribution in [3.63, 3.8) is 0 Å². The largest absolute Gasteiger partial charge is 0.446 e. The van der Waals surface area contributed by atoms with Gasteiger partial charge in [-0.3, -0.25) is 10.1 Å². The molecule has 0 spiro atoms. The topological polar surface area (TPSA) is 128 Å². The number of nitro benzene ring substituents is 1. The summed E-state index contributed by atoms with van der Waals surface area (Å²) in [5.74, 6) is 4.70. The molecular weight excluding hydrogens is 602 g/mol. The molecule has 10 heteroatoms. The van der Waals surface area contributed by atoms with Crippen LogP contribution in [0.25, 0.3) is 0 Å². The minimum atomic E-state index is -4.11. The lowest BCUT2D eigenvalue weighted by Gasteiger charge is -2.58. The highest BCUT2D eigenvalue weighted by atomic mass is 32.2. The number of nitro groups is 1. The van der Waals surface area contributed by atoms with Crippen molar-refractivity contribution in [3.8, 4) is 0 Å². The van der Waals surface area contributed by atoms with Crippen molar-refractivity contribution >= 4 is 21.8 Å². The molecule has 0 saturated heterocycles. The Morgan fingerprint density at radius 1 is 1.04 bits per heavy atom. The molecule has 1 amide bonds. The summed E-state index contributed by atoms with van der Waals surface area (Å²) in [4.78, 5) is 22.7. The van der Waals surface area contributed by atoms with Gasteiger partial charge in [0.05, 0.1) is 4.92 Å². The van der Waals surface area contributed by atoms with Crippen molar-refractivity contribution in [3.05, 3.63) is 46.0 Å². The van der Waals surface area contributed by atoms with Crippen LogP contribution in [0, 0.1) is 56.5 Å². The van der Waals surface area contributed by atoms with Crippen molar-refractivity contribution in [1.82, 2.24) is 10.0 Å². The number of para-hydroxylation sites is 1. The number of nitrogens with zero attached hydrogens (tertiary/aromatic N) is 1. The summed E-state index contributed by atoms with van der Waals surface area (Å²) in [6.07, 6.45) is 14.9. The molecule has 1 aromatic rings. The molecule has 9 nitrogen and oxygen atoms in total. The summed E-state index contributed by atoms with van der Waals surface area (Å²) in [6, 6.07) is 5.18. The lowest BCUT2D eigenvalue weighted by atomic mass is 9.47. The number of hydrogen-bond acceptors (Lipinski definition) is 6. The smallest absolute Gasteiger partial charge is 0.407 e. The van der Waals surface area contributed by atoms with Crippen LogP contribution in [0.2, 0.25) is 0 Å². The number of ether oxygens (including phenoxy) is 1. The Morgan fingerprint density at radius 3 is 2.54 bits per heavy atom. The van der Waals surface area contributed by atoms with E-state index in [4.69, 9.17) is 4.74 Å². The van der Waals surface area contributed by atoms with Gasteiger partial charge < -0.3 is 10.1 Å². The zero-order valence-corrected chi connectivity index (χ0v) is 29.2. The minimum absolute atomic E-state index is 0.00702. The van der Waals surface area contributed by atoms with E-state index < -0.39 is 31.6 Å². The Morgan fingerprint density at radius 2 is 1.80 bits per heavy atom. The van der Waals surface area contributed by atoms with Crippen LogP contribution >= 0.6 is 0 Å². The van der Waals surface area contributed by atoms with Gasteiger partial charge in [0, 0.05) is 25.6 Å². The SMILES string of the molecule is CC(C)CCC[C@@H](C)[C@H]1CC[C@H]2[C@@H]3CC=C4C[C@@H](OC(=O)NCCNS(=O)(=O)c5ccccc5[N+](=O)[O-])CC[C@]4(C)[C@H]3CC[C@]12C. The molecule has 5 rings (SSSR count). The van der Waals surface area contributed by atoms with E-state index in [9.17, 15) is 23.3 Å². The van der Waals surface area contributed by atoms with Gasteiger partial charge in [-0.1, -0.05) is 77.7 Å². The monoisotopic (exact) mass is 657 g/mol. The molecule has 0 aliphatic heterocycles. The number of nitrogens with one attached hydrogen (secondary N) is 2. The van der Waals surface area contributed by atoms with E-state index in [1.54, 1.807) is 0 Å². The third-order valence-corrected chi connectivity index (χ3v) is 14.1. The van der Waals surface area contributed by atoms with Crippen LogP contribution in [-0.4, -0.2) is 38.6 Å². The number of carbonyl (C=O) groups is 1. The molecule has 0 heterocycles. The highest BCUT2D eigenvalue weighted by Gasteiger charge is 2.59. The van der Waals surface area contributed by atoms with E-state index >= 15 is 0 Å². The van der Waals surface area contributed by atoms with Crippen LogP contribution in [0.4, 0.5) is 10.5 Å². The van der Waals surface area contributed by atoms with Gasteiger partial charge in [-0.25, -0.2) is 17.9 Å². The van der Waals surface area contributed by atoms with Crippen molar-refractivity contribution in [2.24, 2.45) is 46.3 Å². The fourth-order valence-corrected chi connectivity index (χ4v) is 11.4. The quantitative estimate of drug-likeness (QED) is 0.101. The maximum atomic E-state index is 12.6. The Bertz CT molecular complexity index is 1410. The molecule has 0 radical (unpaired) electrons. The lowest BCUT2D eigenvalue weighted by molar-refractivity contribution is -0.387. The molecule has 46 heavy (non-hydrogen) atoms. The molecule has 1 aromatic carbocycles. The molecule has 0 aromatic heterocycles. The summed E-state index contributed by atoms with van der Waals surface area (Å²) in [5, 5.41) is 13.9. The zero-order chi connectivity index (χ0) is 33.3. The maximum absolute atomic E-state index is 12.6. The second-order valence-electron chi connectivity index (χ2n) is 15.6. The van der Waals surface area contributed by atoms with Crippen LogP contribution in [0.15, 0.2) is 40.8 Å².